The van der Waals surface area contributed by atoms with E-state index in [2.05, 4.69) is 31.9 Å². The summed E-state index contributed by atoms with van der Waals surface area (Å²) < 4.78 is 0. The van der Waals surface area contributed by atoms with E-state index in [1.54, 1.807) is 27.7 Å². The number of aliphatic hydroxyl groups excluding tert-OH is 2. The molecule has 8 unspecified atom stereocenters. The second-order valence-corrected chi connectivity index (χ2v) is 14.0. The molecule has 8 atom stereocenters. The monoisotopic (exact) mass is 825 g/mol. The Morgan fingerprint density at radius 1 is 0.603 bits per heavy atom. The Balaban J connectivity index is 3.17. The normalized spacial score (nSPS) is 15.2. The molecule has 14 N–H and O–H groups in total. The van der Waals surface area contributed by atoms with Crippen LogP contribution in [0.5, 0.6) is 5.75 Å². The number of carbonyl (C=O) groups is 9. The lowest BCUT2D eigenvalue weighted by Gasteiger charge is -2.27. The molecule has 6 amide bonds. The van der Waals surface area contributed by atoms with Crippen molar-refractivity contribution < 1.29 is 73.8 Å². The van der Waals surface area contributed by atoms with Crippen LogP contribution in [0.15, 0.2) is 24.3 Å². The Morgan fingerprint density at radius 2 is 1.03 bits per heavy atom. The van der Waals surface area contributed by atoms with Crippen molar-refractivity contribution in [3.8, 4) is 5.75 Å². The number of phenolic OH excluding ortho intramolecular Hbond substituents is 1. The number of aliphatic hydroxyl groups is 2. The largest absolute Gasteiger partial charge is 0.508 e. The van der Waals surface area contributed by atoms with E-state index in [0.29, 0.717) is 12.0 Å². The summed E-state index contributed by atoms with van der Waals surface area (Å²) in [4.78, 5) is 114. The first kappa shape index (κ1) is 50.1. The maximum absolute atomic E-state index is 13.5. The molecule has 0 aliphatic rings. The van der Waals surface area contributed by atoms with E-state index in [1.807, 2.05) is 0 Å². The van der Waals surface area contributed by atoms with E-state index < -0.39 is 128 Å². The Kier molecular flexibility index (Phi) is 21.4. The van der Waals surface area contributed by atoms with Crippen LogP contribution in [0.2, 0.25) is 0 Å². The third-order valence-corrected chi connectivity index (χ3v) is 8.81. The van der Waals surface area contributed by atoms with Crippen LogP contribution in [0.25, 0.3) is 0 Å². The number of rotatable bonds is 26. The molecule has 0 heterocycles. The lowest BCUT2D eigenvalue weighted by Crippen LogP contribution is -2.61. The van der Waals surface area contributed by atoms with Crippen molar-refractivity contribution in [2.24, 2.45) is 17.6 Å². The van der Waals surface area contributed by atoms with Crippen LogP contribution >= 0.6 is 0 Å². The predicted octanol–water partition coefficient (Wildman–Crippen LogP) is -3.33. The Hall–Kier alpha value is -5.87. The van der Waals surface area contributed by atoms with Crippen LogP contribution < -0.4 is 37.6 Å². The van der Waals surface area contributed by atoms with Crippen LogP contribution in [0, 0.1) is 11.8 Å². The fraction of sp³-hybridized carbons (Fsp3) is 0.583. The van der Waals surface area contributed by atoms with Gasteiger partial charge in [0.05, 0.1) is 25.7 Å². The first-order valence-corrected chi connectivity index (χ1v) is 18.4. The van der Waals surface area contributed by atoms with Gasteiger partial charge in [-0.15, -0.1) is 0 Å². The van der Waals surface area contributed by atoms with Gasteiger partial charge < -0.3 is 68.3 Å². The Morgan fingerprint density at radius 3 is 1.48 bits per heavy atom. The summed E-state index contributed by atoms with van der Waals surface area (Å²) in [5.74, 6) is -11.6. The number of nitrogens with two attached hydrogens (primary N) is 1. The van der Waals surface area contributed by atoms with Gasteiger partial charge in [0.1, 0.15) is 42.0 Å². The Labute approximate surface area is 333 Å². The highest BCUT2D eigenvalue weighted by Crippen LogP contribution is 2.12. The molecule has 0 saturated heterocycles. The van der Waals surface area contributed by atoms with E-state index >= 15 is 0 Å². The summed E-state index contributed by atoms with van der Waals surface area (Å²) in [5, 5.41) is 70.9. The zero-order valence-electron chi connectivity index (χ0n) is 32.6. The number of hydrogen-bond donors (Lipinski definition) is 13. The number of aromatic hydroxyl groups is 1. The molecule has 0 aliphatic carbocycles. The van der Waals surface area contributed by atoms with Gasteiger partial charge in [0, 0.05) is 12.8 Å². The van der Waals surface area contributed by atoms with Crippen molar-refractivity contribution in [2.75, 3.05) is 13.2 Å². The van der Waals surface area contributed by atoms with E-state index in [9.17, 15) is 68.7 Å². The van der Waals surface area contributed by atoms with Crippen molar-refractivity contribution in [3.05, 3.63) is 29.8 Å². The van der Waals surface area contributed by atoms with Crippen LogP contribution in [0.1, 0.15) is 65.4 Å². The molecule has 0 fully saturated rings. The zero-order valence-corrected chi connectivity index (χ0v) is 32.6. The maximum Gasteiger partial charge on any atom is 0.326 e. The molecule has 1 aromatic carbocycles. The third-order valence-electron chi connectivity index (χ3n) is 8.81. The summed E-state index contributed by atoms with van der Waals surface area (Å²) in [6, 6.07) is -5.73. The molecule has 22 nitrogen and oxygen atoms in total. The molecule has 0 bridgehead atoms. The molecule has 0 spiro atoms. The quantitative estimate of drug-likeness (QED) is 0.0434. The molecule has 22 heteroatoms. The summed E-state index contributed by atoms with van der Waals surface area (Å²) in [6.07, 6.45) is -1.91. The number of phenols is 1. The zero-order chi connectivity index (χ0) is 44.3. The minimum atomic E-state index is -1.92. The van der Waals surface area contributed by atoms with Crippen molar-refractivity contribution in [1.29, 1.82) is 0 Å². The number of nitrogens with one attached hydrogen (secondary N) is 6. The summed E-state index contributed by atoms with van der Waals surface area (Å²) in [5.41, 5.74) is 6.34. The van der Waals surface area contributed by atoms with E-state index in [-0.39, 0.29) is 30.4 Å². The van der Waals surface area contributed by atoms with Crippen LogP contribution in [-0.4, -0.2) is 139 Å². The van der Waals surface area contributed by atoms with Crippen molar-refractivity contribution in [1.82, 2.24) is 31.9 Å². The number of aliphatic carboxylic acids is 3. The van der Waals surface area contributed by atoms with Gasteiger partial charge in [-0.3, -0.25) is 38.4 Å². The molecular weight excluding hydrogens is 770 g/mol. The van der Waals surface area contributed by atoms with Gasteiger partial charge in [-0.05, 0) is 42.4 Å². The predicted molar refractivity (Wildman–Crippen MR) is 201 cm³/mol. The molecular formula is C36H55N7O15. The van der Waals surface area contributed by atoms with Gasteiger partial charge in [-0.2, -0.15) is 0 Å². The van der Waals surface area contributed by atoms with Crippen molar-refractivity contribution >= 4 is 53.4 Å². The Bertz CT molecular complexity index is 1610. The smallest absolute Gasteiger partial charge is 0.326 e. The molecule has 0 aliphatic heterocycles. The number of hydrogen-bond acceptors (Lipinski definition) is 13. The molecule has 324 valence electrons. The molecule has 58 heavy (non-hydrogen) atoms. The van der Waals surface area contributed by atoms with Gasteiger partial charge in [0.15, 0.2) is 0 Å². The van der Waals surface area contributed by atoms with Crippen LogP contribution in [0.3, 0.4) is 0 Å². The fourth-order valence-corrected chi connectivity index (χ4v) is 5.22. The number of amides is 6. The number of benzene rings is 1. The summed E-state index contributed by atoms with van der Waals surface area (Å²) in [6.45, 7) is 4.65. The summed E-state index contributed by atoms with van der Waals surface area (Å²) in [7, 11) is 0. The minimum absolute atomic E-state index is 0.0897. The average molecular weight is 826 g/mol. The van der Waals surface area contributed by atoms with Gasteiger partial charge in [-0.1, -0.05) is 46.2 Å². The highest BCUT2D eigenvalue weighted by molar-refractivity contribution is 5.98. The topological polar surface area (TPSA) is 373 Å². The number of carbonyl (C=O) groups excluding carboxylic acids is 6. The van der Waals surface area contributed by atoms with Crippen LogP contribution in [0.4, 0.5) is 0 Å². The molecule has 0 aromatic heterocycles. The van der Waals surface area contributed by atoms with Crippen LogP contribution in [-0.2, 0) is 49.6 Å². The fourth-order valence-electron chi connectivity index (χ4n) is 5.22. The van der Waals surface area contributed by atoms with E-state index in [1.165, 1.54) is 24.3 Å². The third kappa shape index (κ3) is 17.5. The minimum Gasteiger partial charge on any atom is -0.508 e. The highest BCUT2D eigenvalue weighted by atomic mass is 16.4. The first-order valence-electron chi connectivity index (χ1n) is 18.4. The highest BCUT2D eigenvalue weighted by Gasteiger charge is 2.35. The lowest BCUT2D eigenvalue weighted by molar-refractivity contribution is -0.143. The van der Waals surface area contributed by atoms with Gasteiger partial charge in [-0.25, -0.2) is 4.79 Å². The second kappa shape index (κ2) is 24.7. The standard InChI is InChI=1S/C36H55N7O15/c1-5-18(4)29(37)35(56)38-21(10-11-27(47)48)30(51)42-25(15-44)33(54)39-22(12-17(2)3)31(52)40-23(14-28(49)50)32(53)43-26(16-45)34(55)41-24(36(57)58)13-19-6-8-20(46)9-7-19/h6-9,17-18,21-26,29,44-46H,5,10-16,37H2,1-4H3,(H,38,56)(H,39,54)(H,40,52)(H,41,55)(H,42,51)(H,43,53)(H,47,48)(H,49,50)(H,57,58). The lowest BCUT2D eigenvalue weighted by atomic mass is 9.98. The second-order valence-electron chi connectivity index (χ2n) is 14.0. The molecule has 1 rings (SSSR count). The van der Waals surface area contributed by atoms with Gasteiger partial charge in [0.25, 0.3) is 0 Å². The average Bonchev–Trinajstić information content (AvgIpc) is 3.15. The van der Waals surface area contributed by atoms with Gasteiger partial charge >= 0.3 is 17.9 Å². The van der Waals surface area contributed by atoms with Crippen molar-refractivity contribution in [3.63, 3.8) is 0 Å². The van der Waals surface area contributed by atoms with Crippen molar-refractivity contribution in [2.45, 2.75) is 109 Å². The number of carboxylic acids is 3. The SMILES string of the molecule is CCC(C)C(N)C(=O)NC(CCC(=O)O)C(=O)NC(CO)C(=O)NC(CC(C)C)C(=O)NC(CC(=O)O)C(=O)NC(CO)C(=O)NC(Cc1ccc(O)cc1)C(=O)O. The van der Waals surface area contributed by atoms with E-state index in [0.717, 1.165) is 0 Å². The van der Waals surface area contributed by atoms with Gasteiger partial charge in [0.2, 0.25) is 35.4 Å². The molecule has 1 aromatic rings. The summed E-state index contributed by atoms with van der Waals surface area (Å²) >= 11 is 0. The maximum atomic E-state index is 13.5. The molecule has 0 saturated carbocycles. The van der Waals surface area contributed by atoms with E-state index in [4.69, 9.17) is 10.8 Å². The number of carboxylic acid groups (broad SMARTS) is 3. The molecule has 0 radical (unpaired) electrons. The first-order chi connectivity index (χ1) is 27.1.